The lowest BCUT2D eigenvalue weighted by Gasteiger charge is -2.09. The maximum atomic E-state index is 12.4. The van der Waals surface area contributed by atoms with Gasteiger partial charge in [-0.05, 0) is 55.4 Å². The highest BCUT2D eigenvalue weighted by Crippen LogP contribution is 2.28. The van der Waals surface area contributed by atoms with Crippen LogP contribution in [-0.2, 0) is 24.1 Å². The molecule has 0 radical (unpaired) electrons. The average Bonchev–Trinajstić information content (AvgIpc) is 3.06. The Labute approximate surface area is 164 Å². The summed E-state index contributed by atoms with van der Waals surface area (Å²) in [5.41, 5.74) is 7.34. The molecule has 144 valence electrons. The molecule has 2 amide bonds. The van der Waals surface area contributed by atoms with E-state index in [2.05, 4.69) is 10.9 Å². The van der Waals surface area contributed by atoms with Crippen LogP contribution in [0, 0.1) is 0 Å². The third-order valence-corrected chi connectivity index (χ3v) is 6.09. The van der Waals surface area contributed by atoms with Crippen LogP contribution in [0.5, 0.6) is 5.75 Å². The highest BCUT2D eigenvalue weighted by molar-refractivity contribution is 7.14. The number of amides is 2. The van der Waals surface area contributed by atoms with Gasteiger partial charge in [0.2, 0.25) is 5.91 Å². The first-order chi connectivity index (χ1) is 13.2. The summed E-state index contributed by atoms with van der Waals surface area (Å²) >= 11 is 1.55. The topological polar surface area (TPSA) is 67.4 Å². The van der Waals surface area contributed by atoms with Gasteiger partial charge in [-0.1, -0.05) is 31.0 Å². The lowest BCUT2D eigenvalue weighted by Crippen LogP contribution is -2.41. The number of aryl methyl sites for hydroxylation is 3. The Kier molecular flexibility index (Phi) is 6.87. The molecule has 2 N–H and O–H groups in total. The summed E-state index contributed by atoms with van der Waals surface area (Å²) in [7, 11) is 1.61. The van der Waals surface area contributed by atoms with Crippen LogP contribution >= 0.6 is 11.3 Å². The molecule has 0 unspecified atom stereocenters. The van der Waals surface area contributed by atoms with Crippen LogP contribution in [0.1, 0.15) is 57.8 Å². The van der Waals surface area contributed by atoms with E-state index < -0.39 is 0 Å². The fourth-order valence-electron chi connectivity index (χ4n) is 3.36. The number of carbonyl (C=O) groups excluding carboxylic acids is 2. The lowest BCUT2D eigenvalue weighted by atomic mass is 10.00. The lowest BCUT2D eigenvalue weighted by molar-refractivity contribution is -0.121. The van der Waals surface area contributed by atoms with Gasteiger partial charge >= 0.3 is 0 Å². The van der Waals surface area contributed by atoms with Crippen LogP contribution < -0.4 is 15.6 Å². The van der Waals surface area contributed by atoms with Gasteiger partial charge in [-0.3, -0.25) is 20.4 Å². The number of carbonyl (C=O) groups is 2. The molecule has 1 aromatic heterocycles. The number of thiophene rings is 1. The number of nitrogens with one attached hydrogen (secondary N) is 2. The van der Waals surface area contributed by atoms with Crippen molar-refractivity contribution in [3.8, 4) is 5.75 Å². The molecule has 0 saturated carbocycles. The number of ether oxygens (including phenoxy) is 1. The van der Waals surface area contributed by atoms with Crippen molar-refractivity contribution in [1.29, 1.82) is 0 Å². The van der Waals surface area contributed by atoms with Crippen molar-refractivity contribution in [1.82, 2.24) is 10.9 Å². The van der Waals surface area contributed by atoms with E-state index in [1.165, 1.54) is 36.1 Å². The molecule has 0 aliphatic heterocycles. The molecule has 0 atom stereocenters. The molecule has 5 nitrogen and oxygen atoms in total. The van der Waals surface area contributed by atoms with Crippen molar-refractivity contribution in [3.63, 3.8) is 0 Å². The molecule has 1 aromatic carbocycles. The molecule has 1 aliphatic rings. The summed E-state index contributed by atoms with van der Waals surface area (Å²) in [6.45, 7) is 0. The second-order valence-electron chi connectivity index (χ2n) is 6.79. The normalized spacial score (nSPS) is 13.8. The molecule has 0 spiro atoms. The largest absolute Gasteiger partial charge is 0.496 e. The summed E-state index contributed by atoms with van der Waals surface area (Å²) in [5, 5.41) is 0. The maximum absolute atomic E-state index is 12.4. The van der Waals surface area contributed by atoms with Crippen LogP contribution in [0.25, 0.3) is 0 Å². The molecule has 2 aromatic rings. The van der Waals surface area contributed by atoms with Gasteiger partial charge in [-0.2, -0.15) is 0 Å². The van der Waals surface area contributed by atoms with Crippen molar-refractivity contribution in [2.45, 2.75) is 51.4 Å². The Hall–Kier alpha value is -2.34. The van der Waals surface area contributed by atoms with E-state index in [-0.39, 0.29) is 18.2 Å². The van der Waals surface area contributed by atoms with Crippen molar-refractivity contribution in [3.05, 3.63) is 51.2 Å². The van der Waals surface area contributed by atoms with Gasteiger partial charge in [0.05, 0.1) is 12.0 Å². The van der Waals surface area contributed by atoms with Crippen LogP contribution in [0.4, 0.5) is 0 Å². The Morgan fingerprint density at radius 3 is 2.67 bits per heavy atom. The number of fused-ring (bicyclic) bond motifs is 1. The molecule has 6 heteroatoms. The van der Waals surface area contributed by atoms with Gasteiger partial charge in [0.25, 0.3) is 5.91 Å². The highest BCUT2D eigenvalue weighted by Gasteiger charge is 2.16. The molecule has 0 fully saturated rings. The first-order valence-electron chi connectivity index (χ1n) is 9.50. The van der Waals surface area contributed by atoms with E-state index >= 15 is 0 Å². The van der Waals surface area contributed by atoms with Gasteiger partial charge in [-0.25, -0.2) is 0 Å². The summed E-state index contributed by atoms with van der Waals surface area (Å²) in [4.78, 5) is 26.4. The van der Waals surface area contributed by atoms with E-state index in [0.717, 1.165) is 24.2 Å². The molecule has 1 heterocycles. The number of benzene rings is 1. The molecular weight excluding hydrogens is 360 g/mol. The third-order valence-electron chi connectivity index (χ3n) is 4.85. The summed E-state index contributed by atoms with van der Waals surface area (Å²) < 4.78 is 5.29. The predicted octanol–water partition coefficient (Wildman–Crippen LogP) is 3.81. The first-order valence-corrected chi connectivity index (χ1v) is 10.3. The van der Waals surface area contributed by atoms with Crippen molar-refractivity contribution in [2.24, 2.45) is 0 Å². The second-order valence-corrected chi connectivity index (χ2v) is 7.92. The van der Waals surface area contributed by atoms with Gasteiger partial charge < -0.3 is 4.74 Å². The molecule has 0 saturated heterocycles. The monoisotopic (exact) mass is 386 g/mol. The van der Waals surface area contributed by atoms with E-state index in [1.54, 1.807) is 18.4 Å². The zero-order valence-corrected chi connectivity index (χ0v) is 16.5. The quantitative estimate of drug-likeness (QED) is 0.768. The maximum Gasteiger partial charge on any atom is 0.279 e. The highest BCUT2D eigenvalue weighted by atomic mass is 32.1. The minimum Gasteiger partial charge on any atom is -0.496 e. The summed E-state index contributed by atoms with van der Waals surface area (Å²) in [6.07, 6.45) is 7.84. The minimum atomic E-state index is -0.239. The Balaban J connectivity index is 1.50. The number of hydrogen-bond donors (Lipinski definition) is 2. The van der Waals surface area contributed by atoms with E-state index in [9.17, 15) is 9.59 Å². The van der Waals surface area contributed by atoms with Crippen LogP contribution in [0.2, 0.25) is 0 Å². The van der Waals surface area contributed by atoms with Crippen LogP contribution in [0.3, 0.4) is 0 Å². The standard InChI is InChI=1S/C21H26N2O3S/c1-26-17-10-7-6-8-15(17)12-13-20(24)22-23-21(25)19-14-16-9-4-2-3-5-11-18(16)27-19/h6-8,10,14H,2-5,9,11-13H2,1H3,(H,22,24)(H,23,25). The molecule has 0 bridgehead atoms. The van der Waals surface area contributed by atoms with Crippen molar-refractivity contribution < 1.29 is 14.3 Å². The molecule has 1 aliphatic carbocycles. The van der Waals surface area contributed by atoms with Gasteiger partial charge in [0.15, 0.2) is 0 Å². The van der Waals surface area contributed by atoms with E-state index in [4.69, 9.17) is 4.74 Å². The number of hydrogen-bond acceptors (Lipinski definition) is 4. The van der Waals surface area contributed by atoms with Gasteiger partial charge in [0.1, 0.15) is 5.75 Å². The average molecular weight is 387 g/mol. The number of methoxy groups -OCH3 is 1. The fourth-order valence-corrected chi connectivity index (χ4v) is 4.51. The molecule has 3 rings (SSSR count). The SMILES string of the molecule is COc1ccccc1CCC(=O)NNC(=O)c1cc2c(s1)CCCCCC2. The Bertz CT molecular complexity index is 775. The molecular formula is C21H26N2O3S. The van der Waals surface area contributed by atoms with E-state index in [0.29, 0.717) is 11.3 Å². The van der Waals surface area contributed by atoms with Gasteiger partial charge in [0, 0.05) is 11.3 Å². The Morgan fingerprint density at radius 1 is 1.07 bits per heavy atom. The van der Waals surface area contributed by atoms with Crippen molar-refractivity contribution in [2.75, 3.05) is 7.11 Å². The Morgan fingerprint density at radius 2 is 1.85 bits per heavy atom. The van der Waals surface area contributed by atoms with Crippen LogP contribution in [0.15, 0.2) is 30.3 Å². The minimum absolute atomic E-state index is 0.218. The molecule has 27 heavy (non-hydrogen) atoms. The zero-order chi connectivity index (χ0) is 19.1. The van der Waals surface area contributed by atoms with Gasteiger partial charge in [-0.15, -0.1) is 11.3 Å². The number of hydrazine groups is 1. The zero-order valence-electron chi connectivity index (χ0n) is 15.7. The first kappa shape index (κ1) is 19.4. The predicted molar refractivity (Wildman–Crippen MR) is 107 cm³/mol. The fraction of sp³-hybridized carbons (Fsp3) is 0.429. The number of para-hydroxylation sites is 1. The smallest absolute Gasteiger partial charge is 0.279 e. The summed E-state index contributed by atoms with van der Waals surface area (Å²) in [6, 6.07) is 9.61. The van der Waals surface area contributed by atoms with E-state index in [1.807, 2.05) is 30.3 Å². The third kappa shape index (κ3) is 5.32. The van der Waals surface area contributed by atoms with Crippen molar-refractivity contribution >= 4 is 23.2 Å². The second kappa shape index (κ2) is 9.55. The van der Waals surface area contributed by atoms with Crippen LogP contribution in [-0.4, -0.2) is 18.9 Å². The summed E-state index contributed by atoms with van der Waals surface area (Å²) in [5.74, 6) is 0.312. The number of rotatable bonds is 5.